The number of hydrogen-bond acceptors (Lipinski definition) is 4. The summed E-state index contributed by atoms with van der Waals surface area (Å²) < 4.78 is 29.2. The monoisotopic (exact) mass is 269 g/mol. The smallest absolute Gasteiger partial charge is 0.169 e. The molecule has 106 valence electrons. The molecule has 0 unspecified atom stereocenters. The van der Waals surface area contributed by atoms with E-state index in [2.05, 4.69) is 4.90 Å². The van der Waals surface area contributed by atoms with Gasteiger partial charge in [0.05, 0.1) is 0 Å². The molecule has 2 rings (SSSR count). The second-order valence-electron chi connectivity index (χ2n) is 4.65. The highest BCUT2D eigenvalue weighted by atomic mass is 19.1. The highest BCUT2D eigenvalue weighted by Crippen LogP contribution is 2.19. The van der Waals surface area contributed by atoms with Crippen LogP contribution >= 0.6 is 0 Å². The lowest BCUT2D eigenvalue weighted by atomic mass is 10.3. The Bertz CT molecular complexity index is 398. The molecule has 1 aliphatic heterocycles. The van der Waals surface area contributed by atoms with E-state index in [-0.39, 0.29) is 18.2 Å². The first kappa shape index (κ1) is 14.2. The summed E-state index contributed by atoms with van der Waals surface area (Å²) in [4.78, 5) is 2.22. The van der Waals surface area contributed by atoms with Crippen molar-refractivity contribution in [1.82, 2.24) is 4.90 Å². The largest absolute Gasteiger partial charge is 0.489 e. The maximum atomic E-state index is 13.1. The summed E-state index contributed by atoms with van der Waals surface area (Å²) >= 11 is 0. The number of ether oxygens (including phenoxy) is 3. The van der Waals surface area contributed by atoms with Crippen molar-refractivity contribution in [1.29, 1.82) is 0 Å². The van der Waals surface area contributed by atoms with E-state index in [1.807, 2.05) is 0 Å². The van der Waals surface area contributed by atoms with E-state index in [9.17, 15) is 4.39 Å². The van der Waals surface area contributed by atoms with Crippen LogP contribution in [0.2, 0.25) is 0 Å². The maximum Gasteiger partial charge on any atom is 0.169 e. The van der Waals surface area contributed by atoms with Gasteiger partial charge in [0.15, 0.2) is 6.29 Å². The highest BCUT2D eigenvalue weighted by molar-refractivity contribution is 5.22. The Balaban J connectivity index is 1.82. The van der Waals surface area contributed by atoms with Crippen LogP contribution in [0.25, 0.3) is 0 Å². The maximum absolute atomic E-state index is 13.1. The predicted octanol–water partition coefficient (Wildman–Crippen LogP) is 1.90. The summed E-state index contributed by atoms with van der Waals surface area (Å²) in [7, 11) is 3.26. The summed E-state index contributed by atoms with van der Waals surface area (Å²) in [5.41, 5.74) is 0. The van der Waals surface area contributed by atoms with Gasteiger partial charge in [-0.25, -0.2) is 4.39 Å². The van der Waals surface area contributed by atoms with Crippen LogP contribution in [0.1, 0.15) is 6.42 Å². The Labute approximate surface area is 113 Å². The Kier molecular flexibility index (Phi) is 5.13. The Morgan fingerprint density at radius 1 is 1.37 bits per heavy atom. The van der Waals surface area contributed by atoms with Crippen molar-refractivity contribution in [3.8, 4) is 5.75 Å². The van der Waals surface area contributed by atoms with E-state index in [0.29, 0.717) is 5.75 Å². The van der Waals surface area contributed by atoms with Crippen molar-refractivity contribution in [2.24, 2.45) is 0 Å². The van der Waals surface area contributed by atoms with E-state index < -0.39 is 0 Å². The molecule has 0 N–H and O–H groups in total. The number of nitrogens with zero attached hydrogens (tertiary/aromatic N) is 1. The molecule has 1 aromatic carbocycles. The summed E-state index contributed by atoms with van der Waals surface area (Å²) in [5, 5.41) is 0. The van der Waals surface area contributed by atoms with Gasteiger partial charge in [-0.1, -0.05) is 6.07 Å². The molecule has 0 amide bonds. The van der Waals surface area contributed by atoms with E-state index >= 15 is 0 Å². The number of hydrogen-bond donors (Lipinski definition) is 0. The van der Waals surface area contributed by atoms with Crippen LogP contribution < -0.4 is 4.74 Å². The van der Waals surface area contributed by atoms with E-state index in [1.54, 1.807) is 26.4 Å². The summed E-state index contributed by atoms with van der Waals surface area (Å²) in [5.74, 6) is 0.313. The molecule has 0 radical (unpaired) electrons. The van der Waals surface area contributed by atoms with E-state index in [1.165, 1.54) is 12.1 Å². The first-order chi connectivity index (χ1) is 9.21. The minimum Gasteiger partial charge on any atom is -0.489 e. The van der Waals surface area contributed by atoms with Crippen molar-refractivity contribution in [3.63, 3.8) is 0 Å². The fourth-order valence-corrected chi connectivity index (χ4v) is 2.25. The van der Waals surface area contributed by atoms with Crippen LogP contribution in [0.5, 0.6) is 5.75 Å². The zero-order valence-corrected chi connectivity index (χ0v) is 11.3. The standard InChI is InChI=1S/C14H20FNO3/c1-17-14(18-2)10-16-7-6-13(9-16)19-12-5-3-4-11(15)8-12/h3-5,8,13-14H,6-7,9-10H2,1-2H3/t13-/m1/s1. The zero-order chi connectivity index (χ0) is 13.7. The molecule has 19 heavy (non-hydrogen) atoms. The molecule has 4 nitrogen and oxygen atoms in total. The van der Waals surface area contributed by atoms with Crippen molar-refractivity contribution >= 4 is 0 Å². The number of likely N-dealkylation sites (tertiary alicyclic amines) is 1. The van der Waals surface area contributed by atoms with E-state index in [0.717, 1.165) is 26.1 Å². The van der Waals surface area contributed by atoms with Crippen LogP contribution in [0.4, 0.5) is 4.39 Å². The van der Waals surface area contributed by atoms with Gasteiger partial charge in [-0.2, -0.15) is 0 Å². The van der Waals surface area contributed by atoms with Crippen LogP contribution in [-0.2, 0) is 9.47 Å². The number of methoxy groups -OCH3 is 2. The molecule has 1 aromatic rings. The van der Waals surface area contributed by atoms with Crippen molar-refractivity contribution in [2.45, 2.75) is 18.8 Å². The minimum atomic E-state index is -0.272. The Hall–Kier alpha value is -1.17. The first-order valence-electron chi connectivity index (χ1n) is 6.41. The SMILES string of the molecule is COC(CN1CC[C@@H](Oc2cccc(F)c2)C1)OC. The molecule has 5 heteroatoms. The first-order valence-corrected chi connectivity index (χ1v) is 6.41. The molecule has 0 aromatic heterocycles. The van der Waals surface area contributed by atoms with Crippen molar-refractivity contribution in [2.75, 3.05) is 33.9 Å². The van der Waals surface area contributed by atoms with Gasteiger partial charge < -0.3 is 14.2 Å². The normalized spacial score (nSPS) is 20.1. The van der Waals surface area contributed by atoms with Gasteiger partial charge in [-0.3, -0.25) is 4.90 Å². The summed E-state index contributed by atoms with van der Waals surface area (Å²) in [6.07, 6.45) is 0.806. The molecule has 0 aliphatic carbocycles. The van der Waals surface area contributed by atoms with Crippen molar-refractivity contribution in [3.05, 3.63) is 30.1 Å². The molecule has 0 spiro atoms. The van der Waals surface area contributed by atoms with E-state index in [4.69, 9.17) is 14.2 Å². The predicted molar refractivity (Wildman–Crippen MR) is 69.7 cm³/mol. The molecule has 1 atom stereocenters. The van der Waals surface area contributed by atoms with Crippen LogP contribution in [-0.4, -0.2) is 51.1 Å². The third-order valence-electron chi connectivity index (χ3n) is 3.26. The van der Waals surface area contributed by atoms with Gasteiger partial charge >= 0.3 is 0 Å². The Morgan fingerprint density at radius 3 is 2.84 bits per heavy atom. The molecular weight excluding hydrogens is 249 g/mol. The average Bonchev–Trinajstić information content (AvgIpc) is 2.83. The zero-order valence-electron chi connectivity index (χ0n) is 11.3. The average molecular weight is 269 g/mol. The number of halogens is 1. The summed E-state index contributed by atoms with van der Waals surface area (Å²) in [6, 6.07) is 6.26. The van der Waals surface area contributed by atoms with Gasteiger partial charge in [0.2, 0.25) is 0 Å². The third kappa shape index (κ3) is 4.16. The van der Waals surface area contributed by atoms with Crippen LogP contribution in [0.15, 0.2) is 24.3 Å². The second-order valence-corrected chi connectivity index (χ2v) is 4.65. The van der Waals surface area contributed by atoms with Gasteiger partial charge in [0.1, 0.15) is 17.7 Å². The van der Waals surface area contributed by atoms with Crippen molar-refractivity contribution < 1.29 is 18.6 Å². The molecular formula is C14H20FNO3. The topological polar surface area (TPSA) is 30.9 Å². The van der Waals surface area contributed by atoms with Gasteiger partial charge in [-0.05, 0) is 18.6 Å². The van der Waals surface area contributed by atoms with Gasteiger partial charge in [0, 0.05) is 39.9 Å². The fourth-order valence-electron chi connectivity index (χ4n) is 2.25. The third-order valence-corrected chi connectivity index (χ3v) is 3.26. The molecule has 1 saturated heterocycles. The number of benzene rings is 1. The molecule has 1 aliphatic rings. The molecule has 1 fully saturated rings. The fraction of sp³-hybridized carbons (Fsp3) is 0.571. The lowest BCUT2D eigenvalue weighted by molar-refractivity contribution is -0.114. The minimum absolute atomic E-state index is 0.0937. The molecule has 1 heterocycles. The quantitative estimate of drug-likeness (QED) is 0.738. The molecule has 0 saturated carbocycles. The lowest BCUT2D eigenvalue weighted by Gasteiger charge is -2.21. The van der Waals surface area contributed by atoms with Crippen LogP contribution in [0, 0.1) is 5.82 Å². The Morgan fingerprint density at radius 2 is 2.16 bits per heavy atom. The van der Waals surface area contributed by atoms with Crippen LogP contribution in [0.3, 0.4) is 0 Å². The number of rotatable bonds is 6. The molecule has 0 bridgehead atoms. The second kappa shape index (κ2) is 6.84. The van der Waals surface area contributed by atoms with Gasteiger partial charge in [-0.15, -0.1) is 0 Å². The summed E-state index contributed by atoms with van der Waals surface area (Å²) in [6.45, 7) is 2.46. The van der Waals surface area contributed by atoms with Gasteiger partial charge in [0.25, 0.3) is 0 Å². The lowest BCUT2D eigenvalue weighted by Crippen LogP contribution is -2.34. The highest BCUT2D eigenvalue weighted by Gasteiger charge is 2.26.